The van der Waals surface area contributed by atoms with Gasteiger partial charge in [0.2, 0.25) is 0 Å². The first-order valence-corrected chi connectivity index (χ1v) is 6.86. The predicted octanol–water partition coefficient (Wildman–Crippen LogP) is 5.28. The van der Waals surface area contributed by atoms with E-state index in [0.29, 0.717) is 11.8 Å². The van der Waals surface area contributed by atoms with Gasteiger partial charge >= 0.3 is 0 Å². The van der Waals surface area contributed by atoms with E-state index in [9.17, 15) is 0 Å². The Morgan fingerprint density at radius 3 is 2.00 bits per heavy atom. The third-order valence-electron chi connectivity index (χ3n) is 3.74. The molecule has 0 N–H and O–H groups in total. The van der Waals surface area contributed by atoms with Gasteiger partial charge in [-0.15, -0.1) is 11.6 Å². The van der Waals surface area contributed by atoms with Crippen molar-refractivity contribution in [1.29, 1.82) is 0 Å². The molecule has 0 heterocycles. The zero-order valence-electron chi connectivity index (χ0n) is 10.2. The topological polar surface area (TPSA) is 0 Å². The van der Waals surface area contributed by atoms with Crippen LogP contribution in [0.4, 0.5) is 0 Å². The van der Waals surface area contributed by atoms with E-state index in [0.717, 1.165) is 0 Å². The summed E-state index contributed by atoms with van der Waals surface area (Å²) in [4.78, 5) is 0. The van der Waals surface area contributed by atoms with Crippen LogP contribution in [-0.4, -0.2) is 0 Å². The molecular weight excluding hydrogens is 216 g/mol. The first-order valence-electron chi connectivity index (χ1n) is 6.42. The summed E-state index contributed by atoms with van der Waals surface area (Å²) in [7, 11) is 0. The summed E-state index contributed by atoms with van der Waals surface area (Å²) in [6.45, 7) is 4.45. The average Bonchev–Trinajstić information content (AvgIpc) is 2.81. The molecule has 88 valence electrons. The molecule has 1 atom stereocenters. The maximum atomic E-state index is 6.54. The molecule has 1 saturated carbocycles. The summed E-state index contributed by atoms with van der Waals surface area (Å²) in [6, 6.07) is 8.88. The molecule has 1 aliphatic rings. The van der Waals surface area contributed by atoms with E-state index in [1.165, 1.54) is 36.8 Å². The highest BCUT2D eigenvalue weighted by molar-refractivity contribution is 6.21. The minimum Gasteiger partial charge on any atom is -0.118 e. The van der Waals surface area contributed by atoms with Gasteiger partial charge in [0.25, 0.3) is 0 Å². The lowest BCUT2D eigenvalue weighted by atomic mass is 9.95. The van der Waals surface area contributed by atoms with E-state index in [1.807, 2.05) is 0 Å². The molecule has 1 aromatic rings. The molecule has 1 unspecified atom stereocenters. The van der Waals surface area contributed by atoms with Crippen LogP contribution < -0.4 is 0 Å². The standard InChI is InChI=1S/C15H21Cl/c1-11(2)12-7-9-14(10-8-12)15(16)13-5-3-4-6-13/h7-11,13,15H,3-6H2,1-2H3. The number of benzene rings is 1. The van der Waals surface area contributed by atoms with E-state index < -0.39 is 0 Å². The van der Waals surface area contributed by atoms with Gasteiger partial charge in [0, 0.05) is 0 Å². The lowest BCUT2D eigenvalue weighted by Gasteiger charge is -2.17. The Bertz CT molecular complexity index is 320. The lowest BCUT2D eigenvalue weighted by Crippen LogP contribution is -2.03. The van der Waals surface area contributed by atoms with Crippen molar-refractivity contribution in [2.45, 2.75) is 50.8 Å². The molecule has 0 amide bonds. The van der Waals surface area contributed by atoms with Gasteiger partial charge in [-0.3, -0.25) is 0 Å². The average molecular weight is 237 g/mol. The summed E-state index contributed by atoms with van der Waals surface area (Å²) in [5.41, 5.74) is 2.71. The zero-order chi connectivity index (χ0) is 11.5. The smallest absolute Gasteiger partial charge is 0.0613 e. The van der Waals surface area contributed by atoms with Crippen molar-refractivity contribution >= 4 is 11.6 Å². The molecule has 1 heteroatoms. The molecule has 16 heavy (non-hydrogen) atoms. The fourth-order valence-corrected chi connectivity index (χ4v) is 2.98. The van der Waals surface area contributed by atoms with Gasteiger partial charge < -0.3 is 0 Å². The van der Waals surface area contributed by atoms with Gasteiger partial charge in [-0.25, -0.2) is 0 Å². The van der Waals surface area contributed by atoms with Crippen LogP contribution in [0.25, 0.3) is 0 Å². The van der Waals surface area contributed by atoms with E-state index in [2.05, 4.69) is 38.1 Å². The van der Waals surface area contributed by atoms with E-state index >= 15 is 0 Å². The van der Waals surface area contributed by atoms with Gasteiger partial charge in [0.1, 0.15) is 0 Å². The van der Waals surface area contributed by atoms with Crippen molar-refractivity contribution < 1.29 is 0 Å². The number of hydrogen-bond donors (Lipinski definition) is 0. The normalized spacial score (nSPS) is 19.2. The summed E-state index contributed by atoms with van der Waals surface area (Å²) in [5, 5.41) is 0.226. The highest BCUT2D eigenvalue weighted by Crippen LogP contribution is 2.39. The largest absolute Gasteiger partial charge is 0.118 e. The second kappa shape index (κ2) is 5.23. The minimum absolute atomic E-state index is 0.226. The van der Waals surface area contributed by atoms with Gasteiger partial charge in [-0.2, -0.15) is 0 Å². The Morgan fingerprint density at radius 1 is 1.00 bits per heavy atom. The van der Waals surface area contributed by atoms with Crippen molar-refractivity contribution in [1.82, 2.24) is 0 Å². The molecule has 0 radical (unpaired) electrons. The number of alkyl halides is 1. The van der Waals surface area contributed by atoms with Gasteiger partial charge in [0.05, 0.1) is 5.38 Å². The third kappa shape index (κ3) is 2.60. The molecule has 1 fully saturated rings. The molecule has 1 aliphatic carbocycles. The Kier molecular flexibility index (Phi) is 3.91. The molecule has 0 aliphatic heterocycles. The van der Waals surface area contributed by atoms with Gasteiger partial charge in [-0.1, -0.05) is 51.0 Å². The number of halogens is 1. The molecular formula is C15H21Cl. The minimum atomic E-state index is 0.226. The summed E-state index contributed by atoms with van der Waals surface area (Å²) in [5.74, 6) is 1.31. The van der Waals surface area contributed by atoms with E-state index in [4.69, 9.17) is 11.6 Å². The number of hydrogen-bond acceptors (Lipinski definition) is 0. The van der Waals surface area contributed by atoms with Crippen LogP contribution in [0.15, 0.2) is 24.3 Å². The fraction of sp³-hybridized carbons (Fsp3) is 0.600. The van der Waals surface area contributed by atoms with Crippen LogP contribution in [0.3, 0.4) is 0 Å². The van der Waals surface area contributed by atoms with Gasteiger partial charge in [-0.05, 0) is 35.8 Å². The Labute approximate surface area is 104 Å². The van der Waals surface area contributed by atoms with Crippen molar-refractivity contribution in [3.8, 4) is 0 Å². The second-order valence-corrected chi connectivity index (χ2v) is 5.74. The van der Waals surface area contributed by atoms with Crippen molar-refractivity contribution in [2.24, 2.45) is 5.92 Å². The zero-order valence-corrected chi connectivity index (χ0v) is 11.0. The Hall–Kier alpha value is -0.490. The van der Waals surface area contributed by atoms with E-state index in [1.54, 1.807) is 0 Å². The highest BCUT2D eigenvalue weighted by atomic mass is 35.5. The SMILES string of the molecule is CC(C)c1ccc(C(Cl)C2CCCC2)cc1. The molecule has 0 spiro atoms. The van der Waals surface area contributed by atoms with E-state index in [-0.39, 0.29) is 5.38 Å². The summed E-state index contributed by atoms with van der Waals surface area (Å²) >= 11 is 6.54. The Balaban J connectivity index is 2.08. The first kappa shape index (κ1) is 12.0. The summed E-state index contributed by atoms with van der Waals surface area (Å²) in [6.07, 6.45) is 5.33. The lowest BCUT2D eigenvalue weighted by molar-refractivity contribution is 0.529. The monoisotopic (exact) mass is 236 g/mol. The second-order valence-electron chi connectivity index (χ2n) is 5.27. The molecule has 0 bridgehead atoms. The van der Waals surface area contributed by atoms with Crippen LogP contribution in [-0.2, 0) is 0 Å². The number of rotatable bonds is 3. The Morgan fingerprint density at radius 2 is 1.50 bits per heavy atom. The third-order valence-corrected chi connectivity index (χ3v) is 4.34. The van der Waals surface area contributed by atoms with Crippen LogP contribution in [0, 0.1) is 5.92 Å². The maximum absolute atomic E-state index is 6.54. The van der Waals surface area contributed by atoms with Crippen LogP contribution in [0.1, 0.15) is 62.0 Å². The van der Waals surface area contributed by atoms with Crippen LogP contribution in [0.2, 0.25) is 0 Å². The molecule has 0 aromatic heterocycles. The summed E-state index contributed by atoms with van der Waals surface area (Å²) < 4.78 is 0. The van der Waals surface area contributed by atoms with Crippen LogP contribution >= 0.6 is 11.6 Å². The highest BCUT2D eigenvalue weighted by Gasteiger charge is 2.24. The molecule has 2 rings (SSSR count). The first-order chi connectivity index (χ1) is 7.68. The molecule has 0 nitrogen and oxygen atoms in total. The predicted molar refractivity (Wildman–Crippen MR) is 71.1 cm³/mol. The van der Waals surface area contributed by atoms with Gasteiger partial charge in [0.15, 0.2) is 0 Å². The molecule has 1 aromatic carbocycles. The fourth-order valence-electron chi connectivity index (χ4n) is 2.59. The maximum Gasteiger partial charge on any atom is 0.0613 e. The quantitative estimate of drug-likeness (QED) is 0.627. The van der Waals surface area contributed by atoms with Crippen molar-refractivity contribution in [3.63, 3.8) is 0 Å². The molecule has 0 saturated heterocycles. The van der Waals surface area contributed by atoms with Crippen molar-refractivity contribution in [3.05, 3.63) is 35.4 Å². The van der Waals surface area contributed by atoms with Crippen molar-refractivity contribution in [2.75, 3.05) is 0 Å². The van der Waals surface area contributed by atoms with Crippen LogP contribution in [0.5, 0.6) is 0 Å².